The summed E-state index contributed by atoms with van der Waals surface area (Å²) in [5.74, 6) is 2.27. The number of hydrogen-bond donors (Lipinski definition) is 3. The Labute approximate surface area is 334 Å². The van der Waals surface area contributed by atoms with Crippen LogP contribution in [0.3, 0.4) is 0 Å². The van der Waals surface area contributed by atoms with Crippen LogP contribution in [0.15, 0.2) is 109 Å². The zero-order chi connectivity index (χ0) is 41.2. The van der Waals surface area contributed by atoms with E-state index in [0.29, 0.717) is 64.3 Å². The van der Waals surface area contributed by atoms with Crippen molar-refractivity contribution in [2.45, 2.75) is 12.4 Å². The van der Waals surface area contributed by atoms with E-state index in [-0.39, 0.29) is 31.3 Å². The van der Waals surface area contributed by atoms with E-state index < -0.39 is 29.8 Å². The maximum atomic E-state index is 13.3. The number of nitrogens with zero attached hydrogens (tertiary/aromatic N) is 4. The summed E-state index contributed by atoms with van der Waals surface area (Å²) in [5, 5.41) is 9.90. The Bertz CT molecular complexity index is 2210. The van der Waals surface area contributed by atoms with Crippen LogP contribution in [-0.4, -0.2) is 66.1 Å². The Morgan fingerprint density at radius 3 is 1.31 bits per heavy atom. The lowest BCUT2D eigenvalue weighted by Gasteiger charge is -2.10. The first-order chi connectivity index (χ1) is 27.2. The molecule has 0 fully saturated rings. The highest BCUT2D eigenvalue weighted by Gasteiger charge is 2.36. The molecule has 6 aromatic rings. The molecule has 19 heteroatoms. The predicted molar refractivity (Wildman–Crippen MR) is 206 cm³/mol. The number of nitrogens with one attached hydrogen (secondary N) is 1. The summed E-state index contributed by atoms with van der Waals surface area (Å²) in [6, 6.07) is 27.8. The average Bonchev–Trinajstić information content (AvgIpc) is 3.87. The minimum Gasteiger partial charge on any atom is -0.497 e. The van der Waals surface area contributed by atoms with Crippen LogP contribution in [0.25, 0.3) is 33.9 Å². The standard InChI is InChI=1S/C20H19F3N4O3.C19H18F3N3O2.ClH/c1-29-15-8-4-14(5-9-15)27-17(12-18(26-27)20(21,22)23)13-2-6-16(7-3-13)30-11-10-25-19(24)28;1-26-15-8-4-14(5-9-15)25-17(12-18(24-25)19(20,21)22)13-2-6-16(7-3-13)27-11-10-23;/h2-9,12H,10-11H2,1H3,(H3,24,25,28);2-9,12H,10-11,23H2,1H3;1H. The van der Waals surface area contributed by atoms with E-state index >= 15 is 0 Å². The van der Waals surface area contributed by atoms with E-state index in [9.17, 15) is 31.1 Å². The summed E-state index contributed by atoms with van der Waals surface area (Å²) < 4.78 is 103. The number of halogens is 7. The molecule has 2 heterocycles. The molecule has 0 saturated carbocycles. The number of urea groups is 1. The molecular formula is C39H38ClF6N7O5. The molecule has 0 atom stereocenters. The van der Waals surface area contributed by atoms with Crippen LogP contribution < -0.4 is 35.7 Å². The zero-order valence-electron chi connectivity index (χ0n) is 30.9. The van der Waals surface area contributed by atoms with Gasteiger partial charge in [0.1, 0.15) is 36.2 Å². The van der Waals surface area contributed by atoms with Crippen molar-refractivity contribution in [3.8, 4) is 56.9 Å². The van der Waals surface area contributed by atoms with E-state index in [0.717, 1.165) is 12.1 Å². The van der Waals surface area contributed by atoms with Crippen molar-refractivity contribution in [1.29, 1.82) is 0 Å². The highest BCUT2D eigenvalue weighted by Crippen LogP contribution is 2.35. The second-order valence-electron chi connectivity index (χ2n) is 11.9. The highest BCUT2D eigenvalue weighted by molar-refractivity contribution is 5.85. The molecule has 0 radical (unpaired) electrons. The molecule has 6 rings (SSSR count). The number of methoxy groups -OCH3 is 2. The largest absolute Gasteiger partial charge is 0.497 e. The lowest BCUT2D eigenvalue weighted by atomic mass is 10.1. The maximum absolute atomic E-state index is 13.3. The van der Waals surface area contributed by atoms with Gasteiger partial charge in [0.2, 0.25) is 0 Å². The van der Waals surface area contributed by atoms with Crippen molar-refractivity contribution in [3.05, 3.63) is 121 Å². The van der Waals surface area contributed by atoms with Gasteiger partial charge in [0, 0.05) is 17.7 Å². The molecule has 58 heavy (non-hydrogen) atoms. The van der Waals surface area contributed by atoms with E-state index in [2.05, 4.69) is 15.5 Å². The highest BCUT2D eigenvalue weighted by atomic mass is 35.5. The van der Waals surface area contributed by atoms with Crippen LogP contribution in [0.1, 0.15) is 11.4 Å². The summed E-state index contributed by atoms with van der Waals surface area (Å²) in [5.41, 5.74) is 11.0. The summed E-state index contributed by atoms with van der Waals surface area (Å²) in [4.78, 5) is 10.6. The Morgan fingerprint density at radius 1 is 0.621 bits per heavy atom. The fourth-order valence-corrected chi connectivity index (χ4v) is 5.25. The quantitative estimate of drug-likeness (QED) is 0.0784. The van der Waals surface area contributed by atoms with Gasteiger partial charge in [0.05, 0.1) is 43.5 Å². The maximum Gasteiger partial charge on any atom is 0.435 e. The predicted octanol–water partition coefficient (Wildman–Crippen LogP) is 7.94. The van der Waals surface area contributed by atoms with Gasteiger partial charge in [0.15, 0.2) is 11.4 Å². The number of amides is 2. The van der Waals surface area contributed by atoms with Gasteiger partial charge >= 0.3 is 18.4 Å². The van der Waals surface area contributed by atoms with E-state index in [1.165, 1.54) is 23.6 Å². The minimum absolute atomic E-state index is 0. The smallest absolute Gasteiger partial charge is 0.435 e. The molecular weight excluding hydrogens is 796 g/mol. The molecule has 0 aliphatic rings. The van der Waals surface area contributed by atoms with Gasteiger partial charge in [-0.25, -0.2) is 14.2 Å². The monoisotopic (exact) mass is 833 g/mol. The first kappa shape index (κ1) is 44.3. The zero-order valence-corrected chi connectivity index (χ0v) is 31.7. The minimum atomic E-state index is -4.58. The Kier molecular flexibility index (Phi) is 15.0. The summed E-state index contributed by atoms with van der Waals surface area (Å²) in [7, 11) is 3.02. The van der Waals surface area contributed by atoms with E-state index in [4.69, 9.17) is 30.4 Å². The first-order valence-electron chi connectivity index (χ1n) is 17.0. The number of benzene rings is 4. The van der Waals surface area contributed by atoms with Crippen molar-refractivity contribution < 1.29 is 50.1 Å². The Morgan fingerprint density at radius 2 is 0.983 bits per heavy atom. The molecule has 4 aromatic carbocycles. The number of nitrogens with two attached hydrogens (primary N) is 2. The van der Waals surface area contributed by atoms with Gasteiger partial charge in [-0.15, -0.1) is 12.4 Å². The van der Waals surface area contributed by atoms with Crippen LogP contribution in [-0.2, 0) is 12.4 Å². The van der Waals surface area contributed by atoms with Crippen LogP contribution in [0, 0.1) is 0 Å². The number of carbonyl (C=O) groups excluding carboxylic acids is 1. The van der Waals surface area contributed by atoms with E-state index in [1.807, 2.05) is 0 Å². The van der Waals surface area contributed by atoms with Crippen molar-refractivity contribution in [2.75, 3.05) is 40.5 Å². The fourth-order valence-electron chi connectivity index (χ4n) is 5.25. The molecule has 0 saturated heterocycles. The lowest BCUT2D eigenvalue weighted by Crippen LogP contribution is -2.32. The van der Waals surface area contributed by atoms with E-state index in [1.54, 1.807) is 97.1 Å². The van der Waals surface area contributed by atoms with Gasteiger partial charge < -0.3 is 35.7 Å². The summed E-state index contributed by atoms with van der Waals surface area (Å²) in [6.45, 7) is 1.17. The summed E-state index contributed by atoms with van der Waals surface area (Å²) >= 11 is 0. The number of carbonyl (C=O) groups is 1. The Balaban J connectivity index is 0.000000254. The van der Waals surface area contributed by atoms with Crippen molar-refractivity contribution >= 4 is 18.4 Å². The molecule has 0 aliphatic carbocycles. The normalized spacial score (nSPS) is 11.1. The average molecular weight is 834 g/mol. The Hall–Kier alpha value is -6.40. The molecule has 0 aliphatic heterocycles. The van der Waals surface area contributed by atoms with Crippen molar-refractivity contribution in [3.63, 3.8) is 0 Å². The molecule has 2 amide bonds. The summed E-state index contributed by atoms with van der Waals surface area (Å²) in [6.07, 6.45) is -9.13. The van der Waals surface area contributed by atoms with Crippen LogP contribution in [0.5, 0.6) is 23.0 Å². The SMILES string of the molecule is COc1ccc(-n2nc(C(F)(F)F)cc2-c2ccc(OCCN)cc2)cc1.COc1ccc(-n2nc(C(F)(F)F)cc2-c2ccc(OCCNC(N)=O)cc2)cc1.Cl. The third kappa shape index (κ3) is 11.6. The van der Waals surface area contributed by atoms with Crippen LogP contribution in [0.4, 0.5) is 31.1 Å². The molecule has 0 unspecified atom stereocenters. The molecule has 12 nitrogen and oxygen atoms in total. The molecule has 308 valence electrons. The third-order valence-electron chi connectivity index (χ3n) is 7.99. The number of alkyl halides is 6. The molecule has 5 N–H and O–H groups in total. The number of rotatable bonds is 13. The topological polar surface area (TPSA) is 154 Å². The number of aromatic nitrogens is 4. The third-order valence-corrected chi connectivity index (χ3v) is 7.99. The van der Waals surface area contributed by atoms with Gasteiger partial charge in [-0.2, -0.15) is 36.5 Å². The molecule has 2 aromatic heterocycles. The van der Waals surface area contributed by atoms with Crippen LogP contribution >= 0.6 is 12.4 Å². The second-order valence-corrected chi connectivity index (χ2v) is 11.9. The first-order valence-corrected chi connectivity index (χ1v) is 17.0. The molecule has 0 spiro atoms. The number of hydrogen-bond acceptors (Lipinski definition) is 8. The molecule has 0 bridgehead atoms. The van der Waals surface area contributed by atoms with Gasteiger partial charge in [-0.1, -0.05) is 0 Å². The van der Waals surface area contributed by atoms with Gasteiger partial charge in [-0.05, 0) is 109 Å². The van der Waals surface area contributed by atoms with Crippen molar-refractivity contribution in [2.24, 2.45) is 11.5 Å². The lowest BCUT2D eigenvalue weighted by molar-refractivity contribution is -0.142. The number of primary amides is 1. The van der Waals surface area contributed by atoms with Crippen LogP contribution in [0.2, 0.25) is 0 Å². The second kappa shape index (κ2) is 19.6. The number of ether oxygens (including phenoxy) is 4. The fraction of sp³-hybridized carbons (Fsp3) is 0.205. The van der Waals surface area contributed by atoms with Gasteiger partial charge in [0.25, 0.3) is 0 Å². The van der Waals surface area contributed by atoms with Gasteiger partial charge in [-0.3, -0.25) is 0 Å². The van der Waals surface area contributed by atoms with Crippen molar-refractivity contribution in [1.82, 2.24) is 24.9 Å².